The van der Waals surface area contributed by atoms with Crippen molar-refractivity contribution in [1.82, 2.24) is 15.4 Å². The number of benzene rings is 1. The Labute approximate surface area is 136 Å². The maximum absolute atomic E-state index is 12.2. The van der Waals surface area contributed by atoms with Crippen LogP contribution < -0.4 is 20.5 Å². The Morgan fingerprint density at radius 1 is 1.17 bits per heavy atom. The molecular formula is C15H17F3N4O2. The lowest BCUT2D eigenvalue weighted by Crippen LogP contribution is -2.32. The van der Waals surface area contributed by atoms with E-state index in [2.05, 4.69) is 20.4 Å². The maximum atomic E-state index is 12.2. The van der Waals surface area contributed by atoms with E-state index in [4.69, 9.17) is 4.84 Å². The van der Waals surface area contributed by atoms with Crippen molar-refractivity contribution >= 4 is 0 Å². The van der Waals surface area contributed by atoms with E-state index in [-0.39, 0.29) is 5.75 Å². The minimum atomic E-state index is -4.72. The number of halogens is 3. The zero-order valence-corrected chi connectivity index (χ0v) is 13.2. The lowest BCUT2D eigenvalue weighted by atomic mass is 10.1. The van der Waals surface area contributed by atoms with E-state index in [9.17, 15) is 13.2 Å². The van der Waals surface area contributed by atoms with Crippen LogP contribution in [0.1, 0.15) is 13.3 Å². The Morgan fingerprint density at radius 3 is 2.46 bits per heavy atom. The number of ether oxygens (including phenoxy) is 1. The largest absolute Gasteiger partial charge is 0.573 e. The lowest BCUT2D eigenvalue weighted by molar-refractivity contribution is -0.274. The highest BCUT2D eigenvalue weighted by molar-refractivity contribution is 5.59. The summed E-state index contributed by atoms with van der Waals surface area (Å²) >= 11 is 0. The molecule has 0 bridgehead atoms. The Morgan fingerprint density at radius 2 is 1.88 bits per heavy atom. The maximum Gasteiger partial charge on any atom is 0.573 e. The van der Waals surface area contributed by atoms with Crippen LogP contribution in [0, 0.1) is 0 Å². The van der Waals surface area contributed by atoms with Gasteiger partial charge in [-0.25, -0.2) is 0 Å². The lowest BCUT2D eigenvalue weighted by Gasteiger charge is -2.11. The normalized spacial score (nSPS) is 12.1. The molecule has 0 amide bonds. The molecule has 0 radical (unpaired) electrons. The Balaban J connectivity index is 2.29. The predicted molar refractivity (Wildman–Crippen MR) is 80.7 cm³/mol. The second kappa shape index (κ2) is 7.71. The van der Waals surface area contributed by atoms with Crippen molar-refractivity contribution in [3.05, 3.63) is 41.9 Å². The molecule has 0 saturated heterocycles. The van der Waals surface area contributed by atoms with Crippen LogP contribution in [0.4, 0.5) is 13.2 Å². The van der Waals surface area contributed by atoms with Crippen LogP contribution in [0.15, 0.2) is 41.5 Å². The highest BCUT2D eigenvalue weighted by Gasteiger charge is 2.30. The van der Waals surface area contributed by atoms with Crippen LogP contribution in [0.3, 0.4) is 0 Å². The molecule has 0 aliphatic rings. The fourth-order valence-corrected chi connectivity index (χ4v) is 1.85. The van der Waals surface area contributed by atoms with Gasteiger partial charge in [-0.1, -0.05) is 11.8 Å². The van der Waals surface area contributed by atoms with Crippen LogP contribution in [0.2, 0.25) is 0 Å². The number of alkyl halides is 3. The zero-order chi connectivity index (χ0) is 17.6. The number of nitrogens with zero attached hydrogens (tertiary/aromatic N) is 3. The molecule has 9 heteroatoms. The fourth-order valence-electron chi connectivity index (χ4n) is 1.85. The molecular weight excluding hydrogens is 325 g/mol. The first kappa shape index (κ1) is 17.6. The van der Waals surface area contributed by atoms with Crippen LogP contribution in [-0.4, -0.2) is 30.0 Å². The number of hydrogen-bond acceptors (Lipinski definition) is 5. The summed E-state index contributed by atoms with van der Waals surface area (Å²) in [7, 11) is 1.65. The second-order valence-electron chi connectivity index (χ2n) is 4.69. The Kier molecular flexibility index (Phi) is 5.67. The molecule has 0 atom stereocenters. The molecule has 1 N–H and O–H groups in total. The Hall–Kier alpha value is -2.71. The standard InChI is InChI=1S/C15H17F3N4O2/c1-3-10-23-22-14(20-19-2)9-8-13(21-22)11-4-6-12(7-5-11)24-15(16,17)18/h4-9,19H,3,10H2,1-2H3/b20-14-. The minimum absolute atomic E-state index is 0.289. The van der Waals surface area contributed by atoms with Crippen molar-refractivity contribution in [1.29, 1.82) is 0 Å². The third-order valence-electron chi connectivity index (χ3n) is 2.81. The summed E-state index contributed by atoms with van der Waals surface area (Å²) in [6.45, 7) is 2.41. The van der Waals surface area contributed by atoms with Crippen molar-refractivity contribution < 1.29 is 22.7 Å². The topological polar surface area (TPSA) is 60.7 Å². The molecule has 130 valence electrons. The van der Waals surface area contributed by atoms with Gasteiger partial charge in [0.05, 0.1) is 5.69 Å². The van der Waals surface area contributed by atoms with Crippen LogP contribution in [-0.2, 0) is 0 Å². The molecule has 24 heavy (non-hydrogen) atoms. The van der Waals surface area contributed by atoms with Gasteiger partial charge in [-0.05, 0) is 42.8 Å². The number of hydrogen-bond donors (Lipinski definition) is 1. The first-order chi connectivity index (χ1) is 11.4. The number of aromatic nitrogens is 2. The van der Waals surface area contributed by atoms with Gasteiger partial charge in [0.1, 0.15) is 12.4 Å². The molecule has 1 aromatic carbocycles. The van der Waals surface area contributed by atoms with E-state index in [1.54, 1.807) is 19.2 Å². The van der Waals surface area contributed by atoms with E-state index in [0.29, 0.717) is 23.4 Å². The minimum Gasteiger partial charge on any atom is -0.406 e. The van der Waals surface area contributed by atoms with Gasteiger partial charge in [0.25, 0.3) is 0 Å². The van der Waals surface area contributed by atoms with Crippen molar-refractivity contribution in [2.24, 2.45) is 5.10 Å². The van der Waals surface area contributed by atoms with Gasteiger partial charge >= 0.3 is 6.36 Å². The fraction of sp³-hybridized carbons (Fsp3) is 0.333. The van der Waals surface area contributed by atoms with Gasteiger partial charge in [0.2, 0.25) is 5.49 Å². The summed E-state index contributed by atoms with van der Waals surface area (Å²) in [5.41, 5.74) is 4.26. The summed E-state index contributed by atoms with van der Waals surface area (Å²) < 4.78 is 40.4. The molecule has 2 rings (SSSR count). The highest BCUT2D eigenvalue weighted by atomic mass is 19.4. The average molecular weight is 342 g/mol. The molecule has 0 aliphatic carbocycles. The molecule has 0 fully saturated rings. The number of nitrogens with one attached hydrogen (secondary N) is 1. The van der Waals surface area contributed by atoms with Crippen LogP contribution in [0.25, 0.3) is 11.3 Å². The van der Waals surface area contributed by atoms with Crippen molar-refractivity contribution in [3.8, 4) is 17.0 Å². The van der Waals surface area contributed by atoms with E-state index >= 15 is 0 Å². The quantitative estimate of drug-likeness (QED) is 0.819. The van der Waals surface area contributed by atoms with Gasteiger partial charge in [-0.2, -0.15) is 5.10 Å². The first-order valence-corrected chi connectivity index (χ1v) is 7.23. The summed E-state index contributed by atoms with van der Waals surface area (Å²) in [6.07, 6.45) is -3.92. The van der Waals surface area contributed by atoms with E-state index in [1.807, 2.05) is 6.92 Å². The third-order valence-corrected chi connectivity index (χ3v) is 2.81. The van der Waals surface area contributed by atoms with Crippen molar-refractivity contribution in [2.45, 2.75) is 19.7 Å². The van der Waals surface area contributed by atoms with Crippen molar-refractivity contribution in [2.75, 3.05) is 13.7 Å². The van der Waals surface area contributed by atoms with E-state index in [1.165, 1.54) is 29.1 Å². The molecule has 0 saturated carbocycles. The van der Waals surface area contributed by atoms with E-state index < -0.39 is 6.36 Å². The van der Waals surface area contributed by atoms with Crippen LogP contribution in [0.5, 0.6) is 5.75 Å². The highest BCUT2D eigenvalue weighted by Crippen LogP contribution is 2.25. The SMILES string of the molecule is CCCOn1nc(-c2ccc(OC(F)(F)F)cc2)cc/c1=N/NC. The van der Waals surface area contributed by atoms with Gasteiger partial charge in [0.15, 0.2) is 0 Å². The summed E-state index contributed by atoms with van der Waals surface area (Å²) in [6, 6.07) is 8.82. The van der Waals surface area contributed by atoms with E-state index in [0.717, 1.165) is 6.42 Å². The van der Waals surface area contributed by atoms with Gasteiger partial charge in [-0.3, -0.25) is 0 Å². The summed E-state index contributed by atoms with van der Waals surface area (Å²) in [5.74, 6) is -0.289. The molecule has 0 spiro atoms. The number of rotatable bonds is 6. The van der Waals surface area contributed by atoms with Crippen LogP contribution >= 0.6 is 0 Å². The molecule has 0 unspecified atom stereocenters. The van der Waals surface area contributed by atoms with Gasteiger partial charge in [0, 0.05) is 12.6 Å². The van der Waals surface area contributed by atoms with Gasteiger partial charge in [-0.15, -0.1) is 18.3 Å². The molecule has 6 nitrogen and oxygen atoms in total. The smallest absolute Gasteiger partial charge is 0.406 e. The second-order valence-corrected chi connectivity index (χ2v) is 4.69. The summed E-state index contributed by atoms with van der Waals surface area (Å²) in [5, 5.41) is 8.33. The monoisotopic (exact) mass is 342 g/mol. The first-order valence-electron chi connectivity index (χ1n) is 7.23. The third kappa shape index (κ3) is 4.90. The molecule has 0 aliphatic heterocycles. The zero-order valence-electron chi connectivity index (χ0n) is 13.2. The average Bonchev–Trinajstić information content (AvgIpc) is 2.53. The molecule has 1 aromatic heterocycles. The summed E-state index contributed by atoms with van der Waals surface area (Å²) in [4.78, 5) is 6.76. The Bertz CT molecular complexity index is 727. The molecule has 1 heterocycles. The molecule has 2 aromatic rings. The van der Waals surface area contributed by atoms with Gasteiger partial charge < -0.3 is 15.0 Å². The predicted octanol–water partition coefficient (Wildman–Crippen LogP) is 2.32. The van der Waals surface area contributed by atoms with Crippen molar-refractivity contribution in [3.63, 3.8) is 0 Å².